The van der Waals surface area contributed by atoms with Crippen LogP contribution in [0.3, 0.4) is 0 Å². The minimum absolute atomic E-state index is 0.810. The van der Waals surface area contributed by atoms with Gasteiger partial charge in [0.1, 0.15) is 0 Å². The van der Waals surface area contributed by atoms with Crippen LogP contribution in [0.2, 0.25) is 0 Å². The van der Waals surface area contributed by atoms with Crippen molar-refractivity contribution in [2.24, 2.45) is 5.92 Å². The second-order valence-electron chi connectivity index (χ2n) is 5.81. The van der Waals surface area contributed by atoms with Gasteiger partial charge in [0.25, 0.3) is 0 Å². The first-order chi connectivity index (χ1) is 7.16. The third kappa shape index (κ3) is 2.73. The molecule has 0 spiro atoms. The Morgan fingerprint density at radius 2 is 1.67 bits per heavy atom. The molecule has 0 unspecified atom stereocenters. The summed E-state index contributed by atoms with van der Waals surface area (Å²) < 4.78 is 0. The average molecular weight is 210 g/mol. The average Bonchev–Trinajstić information content (AvgIpc) is 2.68. The maximum absolute atomic E-state index is 2.75. The van der Waals surface area contributed by atoms with Crippen molar-refractivity contribution in [3.63, 3.8) is 0 Å². The fourth-order valence-electron chi connectivity index (χ4n) is 3.13. The van der Waals surface area contributed by atoms with Gasteiger partial charge < -0.3 is 4.90 Å². The van der Waals surface area contributed by atoms with E-state index < -0.39 is 0 Å². The number of hydrogen-bond donors (Lipinski definition) is 0. The van der Waals surface area contributed by atoms with Crippen LogP contribution >= 0.6 is 0 Å². The van der Waals surface area contributed by atoms with Crippen molar-refractivity contribution in [2.45, 2.75) is 51.1 Å². The maximum atomic E-state index is 2.75. The van der Waals surface area contributed by atoms with E-state index in [9.17, 15) is 0 Å². The fourth-order valence-corrected chi connectivity index (χ4v) is 3.13. The van der Waals surface area contributed by atoms with Crippen molar-refractivity contribution in [2.75, 3.05) is 27.2 Å². The second kappa shape index (κ2) is 4.84. The van der Waals surface area contributed by atoms with Gasteiger partial charge in [-0.25, -0.2) is 0 Å². The smallest absolute Gasteiger partial charge is 0.0229 e. The molecule has 0 aromatic carbocycles. The third-order valence-corrected chi connectivity index (χ3v) is 4.43. The van der Waals surface area contributed by atoms with Gasteiger partial charge in [-0.05, 0) is 52.1 Å². The molecule has 0 aromatic heterocycles. The summed E-state index contributed by atoms with van der Waals surface area (Å²) in [4.78, 5) is 5.14. The molecule has 2 aliphatic rings. The van der Waals surface area contributed by atoms with Crippen molar-refractivity contribution in [1.29, 1.82) is 0 Å². The summed E-state index contributed by atoms with van der Waals surface area (Å²) in [5.74, 6) is 0.980. The zero-order chi connectivity index (χ0) is 10.8. The minimum Gasteiger partial charge on any atom is -0.305 e. The quantitative estimate of drug-likeness (QED) is 0.689. The van der Waals surface area contributed by atoms with Crippen LogP contribution < -0.4 is 0 Å². The van der Waals surface area contributed by atoms with E-state index in [1.54, 1.807) is 0 Å². The first-order valence-electron chi connectivity index (χ1n) is 6.57. The van der Waals surface area contributed by atoms with Crippen LogP contribution in [-0.4, -0.2) is 49.1 Å². The Balaban J connectivity index is 1.80. The van der Waals surface area contributed by atoms with Crippen molar-refractivity contribution >= 4 is 0 Å². The molecule has 1 saturated heterocycles. The fraction of sp³-hybridized carbons (Fsp3) is 1.00. The first kappa shape index (κ1) is 11.4. The highest BCUT2D eigenvalue weighted by Crippen LogP contribution is 2.29. The topological polar surface area (TPSA) is 6.48 Å². The summed E-state index contributed by atoms with van der Waals surface area (Å²) in [6, 6.07) is 1.72. The summed E-state index contributed by atoms with van der Waals surface area (Å²) >= 11 is 0. The van der Waals surface area contributed by atoms with Gasteiger partial charge in [0, 0.05) is 25.2 Å². The van der Waals surface area contributed by atoms with Gasteiger partial charge in [-0.1, -0.05) is 6.92 Å². The third-order valence-electron chi connectivity index (χ3n) is 4.43. The number of hydrogen-bond acceptors (Lipinski definition) is 2. The lowest BCUT2D eigenvalue weighted by Gasteiger charge is -2.33. The lowest BCUT2D eigenvalue weighted by molar-refractivity contribution is 0.158. The highest BCUT2D eigenvalue weighted by Gasteiger charge is 2.30. The zero-order valence-electron chi connectivity index (χ0n) is 10.6. The summed E-state index contributed by atoms with van der Waals surface area (Å²) in [6.45, 7) is 5.05. The number of likely N-dealkylation sites (tertiary alicyclic amines) is 1. The highest BCUT2D eigenvalue weighted by atomic mass is 15.2. The molecule has 2 heteroatoms. The van der Waals surface area contributed by atoms with E-state index in [1.807, 2.05) is 0 Å². The molecule has 2 fully saturated rings. The van der Waals surface area contributed by atoms with E-state index in [0.717, 1.165) is 18.0 Å². The van der Waals surface area contributed by atoms with Crippen LogP contribution in [0.1, 0.15) is 39.0 Å². The molecule has 2 nitrogen and oxygen atoms in total. The molecule has 0 amide bonds. The summed E-state index contributed by atoms with van der Waals surface area (Å²) in [5, 5.41) is 0. The lowest BCUT2D eigenvalue weighted by atomic mass is 9.87. The highest BCUT2D eigenvalue weighted by molar-refractivity contribution is 4.87. The Bertz CT molecular complexity index is 195. The van der Waals surface area contributed by atoms with Gasteiger partial charge in [-0.3, -0.25) is 4.90 Å². The molecular formula is C13H26N2. The van der Waals surface area contributed by atoms with E-state index >= 15 is 0 Å². The molecule has 1 aliphatic heterocycles. The first-order valence-corrected chi connectivity index (χ1v) is 6.57. The molecule has 1 saturated carbocycles. The van der Waals surface area contributed by atoms with Crippen LogP contribution in [0, 0.1) is 5.92 Å². The largest absolute Gasteiger partial charge is 0.305 e. The predicted molar refractivity (Wildman–Crippen MR) is 65.1 cm³/mol. The molecule has 2 rings (SSSR count). The van der Waals surface area contributed by atoms with Gasteiger partial charge in [-0.15, -0.1) is 0 Å². The van der Waals surface area contributed by atoms with E-state index in [1.165, 1.54) is 45.2 Å². The van der Waals surface area contributed by atoms with Crippen LogP contribution in [-0.2, 0) is 0 Å². The summed E-state index contributed by atoms with van der Waals surface area (Å²) in [6.07, 6.45) is 7.17. The van der Waals surface area contributed by atoms with Crippen LogP contribution in [0.4, 0.5) is 0 Å². The molecule has 1 atom stereocenters. The SMILES string of the molecule is CC1CCC(N2CC[C@H](N(C)C)C2)CC1. The molecule has 0 radical (unpaired) electrons. The molecule has 0 aromatic rings. The van der Waals surface area contributed by atoms with E-state index in [-0.39, 0.29) is 0 Å². The lowest BCUT2D eigenvalue weighted by Crippen LogP contribution is -2.38. The molecule has 15 heavy (non-hydrogen) atoms. The summed E-state index contributed by atoms with van der Waals surface area (Å²) in [5.41, 5.74) is 0. The van der Waals surface area contributed by atoms with E-state index in [0.29, 0.717) is 0 Å². The van der Waals surface area contributed by atoms with Gasteiger partial charge in [0.05, 0.1) is 0 Å². The van der Waals surface area contributed by atoms with Crippen molar-refractivity contribution in [3.05, 3.63) is 0 Å². The minimum atomic E-state index is 0.810. The Morgan fingerprint density at radius 1 is 1.00 bits per heavy atom. The maximum Gasteiger partial charge on any atom is 0.0229 e. The van der Waals surface area contributed by atoms with Crippen molar-refractivity contribution in [1.82, 2.24) is 9.80 Å². The van der Waals surface area contributed by atoms with E-state index in [2.05, 4.69) is 30.8 Å². The molecule has 0 N–H and O–H groups in total. The normalized spacial score (nSPS) is 38.8. The van der Waals surface area contributed by atoms with Gasteiger partial charge in [0.15, 0.2) is 0 Å². The predicted octanol–water partition coefficient (Wildman–Crippen LogP) is 2.20. The van der Waals surface area contributed by atoms with Gasteiger partial charge >= 0.3 is 0 Å². The van der Waals surface area contributed by atoms with Crippen molar-refractivity contribution in [3.8, 4) is 0 Å². The van der Waals surface area contributed by atoms with E-state index in [4.69, 9.17) is 0 Å². The Morgan fingerprint density at radius 3 is 2.20 bits per heavy atom. The van der Waals surface area contributed by atoms with Gasteiger partial charge in [-0.2, -0.15) is 0 Å². The standard InChI is InChI=1S/C13H26N2/c1-11-4-6-12(7-5-11)15-9-8-13(10-15)14(2)3/h11-13H,4-10H2,1-3H3/t11?,12?,13-/m0/s1. The molecule has 0 bridgehead atoms. The molecule has 88 valence electrons. The number of rotatable bonds is 2. The molecule has 1 aliphatic carbocycles. The Kier molecular flexibility index (Phi) is 3.68. The monoisotopic (exact) mass is 210 g/mol. The van der Waals surface area contributed by atoms with Crippen LogP contribution in [0.25, 0.3) is 0 Å². The zero-order valence-corrected chi connectivity index (χ0v) is 10.6. The summed E-state index contributed by atoms with van der Waals surface area (Å²) in [7, 11) is 4.44. The van der Waals surface area contributed by atoms with Gasteiger partial charge in [0.2, 0.25) is 0 Å². The molecular weight excluding hydrogens is 184 g/mol. The Labute approximate surface area is 94.6 Å². The van der Waals surface area contributed by atoms with Crippen LogP contribution in [0.15, 0.2) is 0 Å². The molecule has 1 heterocycles. The second-order valence-corrected chi connectivity index (χ2v) is 5.81. The number of nitrogens with zero attached hydrogens (tertiary/aromatic N) is 2. The van der Waals surface area contributed by atoms with Crippen LogP contribution in [0.5, 0.6) is 0 Å². The Hall–Kier alpha value is -0.0800. The number of likely N-dealkylation sites (N-methyl/N-ethyl adjacent to an activating group) is 1. The van der Waals surface area contributed by atoms with Crippen molar-refractivity contribution < 1.29 is 0 Å².